The van der Waals surface area contributed by atoms with E-state index in [4.69, 9.17) is 5.73 Å². The number of aryl methyl sites for hydroxylation is 1. The molecule has 1 aliphatic carbocycles. The van der Waals surface area contributed by atoms with E-state index < -0.39 is 0 Å². The Morgan fingerprint density at radius 3 is 2.65 bits per heavy atom. The van der Waals surface area contributed by atoms with Gasteiger partial charge >= 0.3 is 0 Å². The second kappa shape index (κ2) is 5.82. The summed E-state index contributed by atoms with van der Waals surface area (Å²) in [5, 5.41) is 3.01. The summed E-state index contributed by atoms with van der Waals surface area (Å²) in [7, 11) is 0. The molecule has 0 spiro atoms. The van der Waals surface area contributed by atoms with Crippen molar-refractivity contribution >= 4 is 5.91 Å². The van der Waals surface area contributed by atoms with Gasteiger partial charge in [-0.3, -0.25) is 4.79 Å². The van der Waals surface area contributed by atoms with Crippen LogP contribution < -0.4 is 11.1 Å². The molecule has 1 aliphatic rings. The molecule has 0 heterocycles. The summed E-state index contributed by atoms with van der Waals surface area (Å²) in [6, 6.07) is 10.9. The van der Waals surface area contributed by atoms with Gasteiger partial charge in [0.15, 0.2) is 0 Å². The molecule has 1 aromatic carbocycles. The summed E-state index contributed by atoms with van der Waals surface area (Å²) in [5.74, 6) is 0.165. The zero-order chi connectivity index (χ0) is 12.1. The fourth-order valence-electron chi connectivity index (χ4n) is 2.18. The van der Waals surface area contributed by atoms with Crippen molar-refractivity contribution in [1.82, 2.24) is 5.32 Å². The molecule has 0 unspecified atom stereocenters. The molecular formula is C14H20N2O. The van der Waals surface area contributed by atoms with E-state index in [0.29, 0.717) is 18.5 Å². The van der Waals surface area contributed by atoms with Crippen molar-refractivity contribution < 1.29 is 4.79 Å². The number of benzene rings is 1. The van der Waals surface area contributed by atoms with Gasteiger partial charge in [-0.15, -0.1) is 0 Å². The van der Waals surface area contributed by atoms with Gasteiger partial charge in [0.1, 0.15) is 0 Å². The number of carbonyl (C=O) groups is 1. The zero-order valence-corrected chi connectivity index (χ0v) is 10.1. The lowest BCUT2D eigenvalue weighted by Crippen LogP contribution is -2.50. The Hall–Kier alpha value is -1.35. The lowest BCUT2D eigenvalue weighted by Gasteiger charge is -2.32. The first-order chi connectivity index (χ1) is 8.24. The Morgan fingerprint density at radius 1 is 1.29 bits per heavy atom. The molecule has 1 fully saturated rings. The van der Waals surface area contributed by atoms with Crippen molar-refractivity contribution in [2.24, 2.45) is 5.73 Å². The fraction of sp³-hybridized carbons (Fsp3) is 0.500. The van der Waals surface area contributed by atoms with Gasteiger partial charge in [0.05, 0.1) is 0 Å². The number of amides is 1. The number of rotatable bonds is 5. The number of nitrogens with two attached hydrogens (primary N) is 1. The van der Waals surface area contributed by atoms with Gasteiger partial charge in [0.25, 0.3) is 0 Å². The van der Waals surface area contributed by atoms with Crippen LogP contribution in [0, 0.1) is 0 Å². The minimum atomic E-state index is 0.165. The highest BCUT2D eigenvalue weighted by atomic mass is 16.1. The molecule has 0 radical (unpaired) electrons. The smallest absolute Gasteiger partial charge is 0.220 e. The van der Waals surface area contributed by atoms with Gasteiger partial charge in [0, 0.05) is 18.5 Å². The Kier molecular flexibility index (Phi) is 4.15. The molecule has 3 nitrogen and oxygen atoms in total. The van der Waals surface area contributed by atoms with Crippen LogP contribution in [0.2, 0.25) is 0 Å². The van der Waals surface area contributed by atoms with Gasteiger partial charge < -0.3 is 11.1 Å². The monoisotopic (exact) mass is 232 g/mol. The maximum absolute atomic E-state index is 11.6. The average molecular weight is 232 g/mol. The predicted octanol–water partition coefficient (Wildman–Crippen LogP) is 1.62. The van der Waals surface area contributed by atoms with Crippen LogP contribution in [0.4, 0.5) is 0 Å². The van der Waals surface area contributed by atoms with Crippen molar-refractivity contribution in [3.05, 3.63) is 35.9 Å². The SMILES string of the molecule is NC1CC(NC(=O)CCCc2ccccc2)C1. The molecule has 0 saturated heterocycles. The van der Waals surface area contributed by atoms with E-state index in [2.05, 4.69) is 17.4 Å². The second-order valence-electron chi connectivity index (χ2n) is 4.84. The standard InChI is InChI=1S/C14H20N2O/c15-12-9-13(10-12)16-14(17)8-4-7-11-5-2-1-3-6-11/h1-3,5-6,12-13H,4,7-10,15H2,(H,16,17). The van der Waals surface area contributed by atoms with Crippen LogP contribution in [-0.4, -0.2) is 18.0 Å². The third-order valence-corrected chi connectivity index (χ3v) is 3.25. The summed E-state index contributed by atoms with van der Waals surface area (Å²) < 4.78 is 0. The molecule has 3 N–H and O–H groups in total. The van der Waals surface area contributed by atoms with Crippen LogP contribution in [0.15, 0.2) is 30.3 Å². The topological polar surface area (TPSA) is 55.1 Å². The molecule has 1 amide bonds. The molecule has 17 heavy (non-hydrogen) atoms. The summed E-state index contributed by atoms with van der Waals surface area (Å²) in [6.45, 7) is 0. The van der Waals surface area contributed by atoms with Gasteiger partial charge in [-0.1, -0.05) is 30.3 Å². The van der Waals surface area contributed by atoms with Crippen molar-refractivity contribution in [1.29, 1.82) is 0 Å². The molecule has 0 aromatic heterocycles. The maximum Gasteiger partial charge on any atom is 0.220 e. The van der Waals surface area contributed by atoms with E-state index in [0.717, 1.165) is 25.7 Å². The minimum absolute atomic E-state index is 0.165. The molecule has 0 aliphatic heterocycles. The highest BCUT2D eigenvalue weighted by Gasteiger charge is 2.26. The first-order valence-corrected chi connectivity index (χ1v) is 6.33. The third kappa shape index (κ3) is 3.86. The molecule has 2 rings (SSSR count). The van der Waals surface area contributed by atoms with Crippen LogP contribution in [-0.2, 0) is 11.2 Å². The molecule has 0 bridgehead atoms. The van der Waals surface area contributed by atoms with E-state index in [9.17, 15) is 4.79 Å². The molecule has 1 aromatic rings. The fourth-order valence-corrected chi connectivity index (χ4v) is 2.18. The van der Waals surface area contributed by atoms with Crippen molar-refractivity contribution in [3.63, 3.8) is 0 Å². The largest absolute Gasteiger partial charge is 0.353 e. The van der Waals surface area contributed by atoms with E-state index >= 15 is 0 Å². The number of carbonyl (C=O) groups excluding carboxylic acids is 1. The summed E-state index contributed by atoms with van der Waals surface area (Å²) in [5.41, 5.74) is 6.97. The van der Waals surface area contributed by atoms with Crippen molar-refractivity contribution in [2.75, 3.05) is 0 Å². The number of hydrogen-bond acceptors (Lipinski definition) is 2. The van der Waals surface area contributed by atoms with Gasteiger partial charge in [-0.2, -0.15) is 0 Å². The Labute approximate surface area is 102 Å². The average Bonchev–Trinajstić information content (AvgIpc) is 2.28. The molecule has 0 atom stereocenters. The molecular weight excluding hydrogens is 212 g/mol. The van der Waals surface area contributed by atoms with Crippen molar-refractivity contribution in [2.45, 2.75) is 44.2 Å². The third-order valence-electron chi connectivity index (χ3n) is 3.25. The lowest BCUT2D eigenvalue weighted by atomic mass is 9.87. The minimum Gasteiger partial charge on any atom is -0.353 e. The lowest BCUT2D eigenvalue weighted by molar-refractivity contribution is -0.122. The predicted molar refractivity (Wildman–Crippen MR) is 68.5 cm³/mol. The first-order valence-electron chi connectivity index (χ1n) is 6.33. The van der Waals surface area contributed by atoms with E-state index in [1.54, 1.807) is 0 Å². The summed E-state index contributed by atoms with van der Waals surface area (Å²) in [4.78, 5) is 11.6. The highest BCUT2D eigenvalue weighted by molar-refractivity contribution is 5.76. The first kappa shape index (κ1) is 12.1. The number of hydrogen-bond donors (Lipinski definition) is 2. The molecule has 1 saturated carbocycles. The second-order valence-corrected chi connectivity index (χ2v) is 4.84. The van der Waals surface area contributed by atoms with Crippen LogP contribution in [0.5, 0.6) is 0 Å². The highest BCUT2D eigenvalue weighted by Crippen LogP contribution is 2.17. The maximum atomic E-state index is 11.6. The van der Waals surface area contributed by atoms with E-state index in [1.165, 1.54) is 5.56 Å². The molecule has 92 valence electrons. The number of nitrogens with one attached hydrogen (secondary N) is 1. The van der Waals surface area contributed by atoms with Crippen LogP contribution >= 0.6 is 0 Å². The Bertz CT molecular complexity index is 358. The van der Waals surface area contributed by atoms with Gasteiger partial charge in [0.2, 0.25) is 5.91 Å². The quantitative estimate of drug-likeness (QED) is 0.810. The zero-order valence-electron chi connectivity index (χ0n) is 10.1. The summed E-state index contributed by atoms with van der Waals surface area (Å²) >= 11 is 0. The normalized spacial score (nSPS) is 22.9. The van der Waals surface area contributed by atoms with E-state index in [1.807, 2.05) is 18.2 Å². The van der Waals surface area contributed by atoms with Gasteiger partial charge in [-0.05, 0) is 31.2 Å². The molecule has 3 heteroatoms. The Balaban J connectivity index is 1.60. The summed E-state index contributed by atoms with van der Waals surface area (Å²) in [6.07, 6.45) is 4.36. The van der Waals surface area contributed by atoms with Crippen LogP contribution in [0.25, 0.3) is 0 Å². The van der Waals surface area contributed by atoms with E-state index in [-0.39, 0.29) is 5.91 Å². The van der Waals surface area contributed by atoms with Crippen LogP contribution in [0.3, 0.4) is 0 Å². The van der Waals surface area contributed by atoms with Crippen molar-refractivity contribution in [3.8, 4) is 0 Å². The Morgan fingerprint density at radius 2 is 2.00 bits per heavy atom. The van der Waals surface area contributed by atoms with Gasteiger partial charge in [-0.25, -0.2) is 0 Å². The van der Waals surface area contributed by atoms with Crippen LogP contribution in [0.1, 0.15) is 31.2 Å².